The predicted molar refractivity (Wildman–Crippen MR) is 139 cm³/mol. The normalized spacial score (nSPS) is 12.1. The average Bonchev–Trinajstić information content (AvgIpc) is 3.44. The number of alkyl halides is 3. The number of amides is 2. The second kappa shape index (κ2) is 11.4. The van der Waals surface area contributed by atoms with E-state index in [1.165, 1.54) is 42.7 Å². The molecule has 4 aromatic rings. The number of H-pyrrole nitrogens is 2. The van der Waals surface area contributed by atoms with Crippen LogP contribution in [0.15, 0.2) is 64.4 Å². The summed E-state index contributed by atoms with van der Waals surface area (Å²) >= 11 is 0. The third-order valence-electron chi connectivity index (χ3n) is 5.92. The molecule has 2 heterocycles. The van der Waals surface area contributed by atoms with Crippen molar-refractivity contribution in [1.29, 1.82) is 0 Å². The molecule has 41 heavy (non-hydrogen) atoms. The van der Waals surface area contributed by atoms with Gasteiger partial charge in [-0.1, -0.05) is 6.07 Å². The zero-order valence-corrected chi connectivity index (χ0v) is 21.2. The van der Waals surface area contributed by atoms with Gasteiger partial charge < -0.3 is 30.4 Å². The molecule has 0 aliphatic carbocycles. The standard InChI is InChI=1S/C26H22F3N5O7/c1-2-41-24(39)13-4-3-5-15(8-13)31-25(40)33-21(14-6-7-30-11-14)16-9-19-18(10-17(16)26(27,28)29)32-22(37)23(38)34(19)12-20(35)36/h3-11,21,30H,2,12H2,1H3,(H,32,37)(H,35,36)(H2,31,33,40). The number of aliphatic carboxylic acids is 1. The number of esters is 1. The number of aromatic nitrogens is 3. The molecular formula is C26H22F3N5O7. The lowest BCUT2D eigenvalue weighted by molar-refractivity contribution is -0.139. The van der Waals surface area contributed by atoms with Gasteiger partial charge >= 0.3 is 35.3 Å². The molecule has 0 saturated heterocycles. The number of carbonyl (C=O) groups excluding carboxylic acids is 2. The number of hydrogen-bond donors (Lipinski definition) is 5. The number of fused-ring (bicyclic) bond motifs is 1. The number of urea groups is 1. The predicted octanol–water partition coefficient (Wildman–Crippen LogP) is 3.21. The number of hydrogen-bond acceptors (Lipinski definition) is 6. The summed E-state index contributed by atoms with van der Waals surface area (Å²) in [4.78, 5) is 65.7. The maximum absolute atomic E-state index is 14.3. The summed E-state index contributed by atoms with van der Waals surface area (Å²) in [5.41, 5.74) is -4.65. The number of carbonyl (C=O) groups is 3. The van der Waals surface area contributed by atoms with Crippen molar-refractivity contribution in [1.82, 2.24) is 19.9 Å². The van der Waals surface area contributed by atoms with E-state index in [9.17, 15) is 42.3 Å². The van der Waals surface area contributed by atoms with Gasteiger partial charge in [-0.15, -0.1) is 0 Å². The molecule has 15 heteroatoms. The molecule has 5 N–H and O–H groups in total. The highest BCUT2D eigenvalue weighted by atomic mass is 19.4. The second-order valence-corrected chi connectivity index (χ2v) is 8.67. The van der Waals surface area contributed by atoms with Crippen LogP contribution < -0.4 is 21.8 Å². The van der Waals surface area contributed by atoms with E-state index >= 15 is 0 Å². The lowest BCUT2D eigenvalue weighted by Gasteiger charge is -2.24. The van der Waals surface area contributed by atoms with Crippen molar-refractivity contribution in [2.24, 2.45) is 0 Å². The number of benzene rings is 2. The molecule has 12 nitrogen and oxygen atoms in total. The Morgan fingerprint density at radius 2 is 1.88 bits per heavy atom. The quantitative estimate of drug-likeness (QED) is 0.159. The van der Waals surface area contributed by atoms with E-state index < -0.39 is 64.5 Å². The van der Waals surface area contributed by atoms with Gasteiger partial charge in [0, 0.05) is 18.1 Å². The minimum absolute atomic E-state index is 0.122. The highest BCUT2D eigenvalue weighted by Gasteiger charge is 2.37. The third kappa shape index (κ3) is 6.29. The van der Waals surface area contributed by atoms with Crippen LogP contribution in [0.3, 0.4) is 0 Å². The Morgan fingerprint density at radius 3 is 2.51 bits per heavy atom. The van der Waals surface area contributed by atoms with Crippen molar-refractivity contribution >= 4 is 34.7 Å². The van der Waals surface area contributed by atoms with E-state index in [2.05, 4.69) is 20.6 Å². The largest absolute Gasteiger partial charge is 0.480 e. The number of ether oxygens (including phenoxy) is 1. The molecule has 0 bridgehead atoms. The van der Waals surface area contributed by atoms with Crippen LogP contribution in [0.2, 0.25) is 0 Å². The lowest BCUT2D eigenvalue weighted by atomic mass is 9.94. The fraction of sp³-hybridized carbons (Fsp3) is 0.192. The SMILES string of the molecule is CCOC(=O)c1cccc(NC(=O)NC(c2cc[nH]c2)c2cc3c(cc2C(F)(F)F)[nH]c(=O)c(=O)n3CC(=O)O)c1. The number of halogens is 3. The van der Waals surface area contributed by atoms with Gasteiger partial charge in [-0.2, -0.15) is 13.2 Å². The first-order valence-corrected chi connectivity index (χ1v) is 12.0. The van der Waals surface area contributed by atoms with Gasteiger partial charge in [0.2, 0.25) is 0 Å². The smallest absolute Gasteiger partial charge is 0.416 e. The lowest BCUT2D eigenvalue weighted by Crippen LogP contribution is -2.38. The van der Waals surface area contributed by atoms with E-state index in [1.807, 2.05) is 0 Å². The first kappa shape index (κ1) is 28.7. The number of carboxylic acids is 1. The Hall–Kier alpha value is -5.34. The Bertz CT molecular complexity index is 1740. The summed E-state index contributed by atoms with van der Waals surface area (Å²) in [5.74, 6) is -2.15. The Labute approximate surface area is 227 Å². The molecule has 1 atom stereocenters. The maximum atomic E-state index is 14.3. The first-order valence-electron chi connectivity index (χ1n) is 12.0. The van der Waals surface area contributed by atoms with Crippen LogP contribution in [0.25, 0.3) is 11.0 Å². The molecular weight excluding hydrogens is 551 g/mol. The highest BCUT2D eigenvalue weighted by Crippen LogP contribution is 2.38. The number of nitrogens with zero attached hydrogens (tertiary/aromatic N) is 1. The third-order valence-corrected chi connectivity index (χ3v) is 5.92. The van der Waals surface area contributed by atoms with Crippen molar-refractivity contribution in [3.05, 3.63) is 97.8 Å². The molecule has 2 aromatic carbocycles. The summed E-state index contributed by atoms with van der Waals surface area (Å²) < 4.78 is 48.4. The minimum atomic E-state index is -4.99. The van der Waals surface area contributed by atoms with Crippen molar-refractivity contribution in [2.45, 2.75) is 25.7 Å². The summed E-state index contributed by atoms with van der Waals surface area (Å²) in [7, 11) is 0. The van der Waals surface area contributed by atoms with Gasteiger partial charge in [-0.05, 0) is 54.4 Å². The Kier molecular flexibility index (Phi) is 7.98. The number of carboxylic acid groups (broad SMARTS) is 1. The summed E-state index contributed by atoms with van der Waals surface area (Å²) in [6, 6.07) is 6.16. The molecule has 214 valence electrons. The van der Waals surface area contributed by atoms with E-state index in [-0.39, 0.29) is 28.9 Å². The van der Waals surface area contributed by atoms with Crippen molar-refractivity contribution < 1.29 is 37.4 Å². The first-order chi connectivity index (χ1) is 19.4. The Balaban J connectivity index is 1.82. The topological polar surface area (TPSA) is 175 Å². The average molecular weight is 573 g/mol. The van der Waals surface area contributed by atoms with E-state index in [0.717, 1.165) is 6.07 Å². The van der Waals surface area contributed by atoms with E-state index in [0.29, 0.717) is 10.6 Å². The number of anilines is 1. The molecule has 0 saturated carbocycles. The zero-order chi connectivity index (χ0) is 29.9. The molecule has 0 spiro atoms. The molecule has 0 radical (unpaired) electrons. The van der Waals surface area contributed by atoms with Crippen LogP contribution in [0.1, 0.15) is 40.0 Å². The molecule has 0 fully saturated rings. The second-order valence-electron chi connectivity index (χ2n) is 8.67. The van der Waals surface area contributed by atoms with Gasteiger partial charge in [0.15, 0.2) is 0 Å². The zero-order valence-electron chi connectivity index (χ0n) is 21.2. The summed E-state index contributed by atoms with van der Waals surface area (Å²) in [6.07, 6.45) is -2.24. The van der Waals surface area contributed by atoms with Crippen LogP contribution in [0.4, 0.5) is 23.7 Å². The fourth-order valence-corrected chi connectivity index (χ4v) is 4.21. The van der Waals surface area contributed by atoms with Crippen molar-refractivity contribution in [3.63, 3.8) is 0 Å². The number of nitrogens with one attached hydrogen (secondary N) is 4. The van der Waals surface area contributed by atoms with Gasteiger partial charge in [0.05, 0.1) is 34.8 Å². The van der Waals surface area contributed by atoms with Gasteiger partial charge in [0.25, 0.3) is 0 Å². The molecule has 2 amide bonds. The minimum Gasteiger partial charge on any atom is -0.480 e. The van der Waals surface area contributed by atoms with Gasteiger partial charge in [-0.25, -0.2) is 9.59 Å². The van der Waals surface area contributed by atoms with Crippen LogP contribution in [0, 0.1) is 0 Å². The highest BCUT2D eigenvalue weighted by molar-refractivity contribution is 5.94. The van der Waals surface area contributed by atoms with Crippen LogP contribution >= 0.6 is 0 Å². The van der Waals surface area contributed by atoms with Crippen molar-refractivity contribution in [3.8, 4) is 0 Å². The van der Waals surface area contributed by atoms with E-state index in [4.69, 9.17) is 4.74 Å². The molecule has 4 rings (SSSR count). The summed E-state index contributed by atoms with van der Waals surface area (Å²) in [6.45, 7) is 0.746. The molecule has 1 unspecified atom stereocenters. The molecule has 0 aliphatic heterocycles. The number of aromatic amines is 2. The fourth-order valence-electron chi connectivity index (χ4n) is 4.21. The van der Waals surface area contributed by atoms with Crippen molar-refractivity contribution in [2.75, 3.05) is 11.9 Å². The summed E-state index contributed by atoms with van der Waals surface area (Å²) in [5, 5.41) is 14.2. The van der Waals surface area contributed by atoms with E-state index in [1.54, 1.807) is 6.92 Å². The van der Waals surface area contributed by atoms with Gasteiger partial charge in [-0.3, -0.25) is 19.0 Å². The monoisotopic (exact) mass is 573 g/mol. The van der Waals surface area contributed by atoms with Crippen LogP contribution in [0.5, 0.6) is 0 Å². The Morgan fingerprint density at radius 1 is 1.12 bits per heavy atom. The van der Waals surface area contributed by atoms with Crippen LogP contribution in [-0.4, -0.2) is 44.2 Å². The number of rotatable bonds is 8. The van der Waals surface area contributed by atoms with Crippen LogP contribution in [-0.2, 0) is 22.3 Å². The maximum Gasteiger partial charge on any atom is 0.416 e. The van der Waals surface area contributed by atoms with Gasteiger partial charge in [0.1, 0.15) is 6.54 Å². The molecule has 2 aromatic heterocycles. The molecule has 0 aliphatic rings.